The summed E-state index contributed by atoms with van der Waals surface area (Å²) in [5.74, 6) is -2.16. The van der Waals surface area contributed by atoms with Gasteiger partial charge in [-0.05, 0) is 93.9 Å². The lowest BCUT2D eigenvalue weighted by Gasteiger charge is -2.17. The van der Waals surface area contributed by atoms with E-state index in [1.54, 1.807) is 27.7 Å². The van der Waals surface area contributed by atoms with E-state index in [9.17, 15) is 38.4 Å². The number of rotatable bonds is 16. The molecule has 30 heteroatoms. The van der Waals surface area contributed by atoms with Gasteiger partial charge in [0.15, 0.2) is 0 Å². The van der Waals surface area contributed by atoms with Crippen LogP contribution < -0.4 is 64.8 Å². The van der Waals surface area contributed by atoms with Crippen LogP contribution in [0.4, 0.5) is 43.0 Å². The van der Waals surface area contributed by atoms with Gasteiger partial charge in [0.1, 0.15) is 0 Å². The van der Waals surface area contributed by atoms with Gasteiger partial charge in [-0.3, -0.25) is 74.8 Å². The highest BCUT2D eigenvalue weighted by molar-refractivity contribution is 5.89. The molecule has 0 aliphatic rings. The van der Waals surface area contributed by atoms with Crippen molar-refractivity contribution in [1.82, 2.24) is 61.1 Å². The third-order valence-corrected chi connectivity index (χ3v) is 8.47. The molecule has 0 aromatic carbocycles. The first-order valence-corrected chi connectivity index (χ1v) is 22.6. The first-order valence-electron chi connectivity index (χ1n) is 22.6. The van der Waals surface area contributed by atoms with Crippen molar-refractivity contribution in [3.63, 3.8) is 0 Å². The van der Waals surface area contributed by atoms with Crippen molar-refractivity contribution in [1.29, 1.82) is 0 Å². The van der Waals surface area contributed by atoms with E-state index in [-0.39, 0.29) is 70.2 Å². The van der Waals surface area contributed by atoms with Gasteiger partial charge in [0.25, 0.3) is 40.1 Å². The molecule has 0 radical (unpaired) electrons. The van der Waals surface area contributed by atoms with Crippen LogP contribution in [0.15, 0.2) is 43.4 Å². The second-order valence-electron chi connectivity index (χ2n) is 16.4. The summed E-state index contributed by atoms with van der Waals surface area (Å²) in [6.07, 6.45) is 4.25. The quantitative estimate of drug-likeness (QED) is 0.0767. The molecular formula is C44H68N16O14. The van der Waals surface area contributed by atoms with E-state index >= 15 is 0 Å². The van der Waals surface area contributed by atoms with Gasteiger partial charge in [-0.25, -0.2) is 39.1 Å². The minimum atomic E-state index is -0.833. The maximum atomic E-state index is 12.0. The average Bonchev–Trinajstić information content (AvgIpc) is 3.18. The molecule has 8 amide bonds. The zero-order chi connectivity index (χ0) is 56.7. The zero-order valence-corrected chi connectivity index (χ0v) is 43.0. The van der Waals surface area contributed by atoms with Crippen LogP contribution in [0.2, 0.25) is 0 Å². The Labute approximate surface area is 423 Å². The summed E-state index contributed by atoms with van der Waals surface area (Å²) in [7, 11) is 0. The highest BCUT2D eigenvalue weighted by Crippen LogP contribution is 2.07. The SMILES string of the molecule is CC(=O)O.CC(=O)O.CC(=O)O.Cc1cc(=O)[nH]c(NC(=O)N[C@@H](C)CCC[C@H](C)NC(=O)Nc2nc(C)cc(=O)[nH]2)n1.Cc1cc(=O)[nH]c(NC(=O)N[C@H](C)CCC[C@@H](C)NC(=O)Nc2nc(C)cc(=O)[nH]2)n1. The summed E-state index contributed by atoms with van der Waals surface area (Å²) in [6.45, 7) is 17.3. The van der Waals surface area contributed by atoms with Gasteiger partial charge in [0.2, 0.25) is 23.8 Å². The molecule has 408 valence electrons. The third-order valence-electron chi connectivity index (χ3n) is 8.47. The second kappa shape index (κ2) is 34.4. The fourth-order valence-electron chi connectivity index (χ4n) is 5.77. The van der Waals surface area contributed by atoms with Crippen LogP contribution in [0.1, 0.15) is 110 Å². The fourth-order valence-corrected chi connectivity index (χ4v) is 5.77. The smallest absolute Gasteiger partial charge is 0.321 e. The molecule has 0 bridgehead atoms. The van der Waals surface area contributed by atoms with Crippen molar-refractivity contribution in [3.05, 3.63) is 88.5 Å². The summed E-state index contributed by atoms with van der Waals surface area (Å²) in [5.41, 5.74) is 0.641. The number of hydrogen-bond donors (Lipinski definition) is 15. The Hall–Kier alpha value is -8.99. The van der Waals surface area contributed by atoms with Crippen molar-refractivity contribution in [2.45, 2.75) is 139 Å². The topological polar surface area (TPSA) is 459 Å². The number of H-pyrrole nitrogens is 4. The van der Waals surface area contributed by atoms with Crippen LogP contribution in [-0.4, -0.2) is 121 Å². The first-order chi connectivity index (χ1) is 34.4. The summed E-state index contributed by atoms with van der Waals surface area (Å²) in [5, 5.41) is 43.3. The molecule has 4 atom stereocenters. The van der Waals surface area contributed by atoms with Crippen molar-refractivity contribution < 1.29 is 48.9 Å². The van der Waals surface area contributed by atoms with E-state index in [0.717, 1.165) is 33.6 Å². The van der Waals surface area contributed by atoms with E-state index in [4.69, 9.17) is 29.7 Å². The van der Waals surface area contributed by atoms with Gasteiger partial charge in [-0.2, -0.15) is 0 Å². The third kappa shape index (κ3) is 35.2. The molecule has 4 rings (SSSR count). The van der Waals surface area contributed by atoms with Crippen LogP contribution in [0, 0.1) is 27.7 Å². The summed E-state index contributed by atoms with van der Waals surface area (Å²) in [4.78, 5) is 147. The maximum absolute atomic E-state index is 12.0. The molecule has 0 aliphatic heterocycles. The zero-order valence-electron chi connectivity index (χ0n) is 43.0. The van der Waals surface area contributed by atoms with Crippen LogP contribution >= 0.6 is 0 Å². The van der Waals surface area contributed by atoms with Gasteiger partial charge in [0.05, 0.1) is 0 Å². The number of carboxylic acid groups (broad SMARTS) is 3. The molecule has 30 nitrogen and oxygen atoms in total. The molecule has 0 saturated heterocycles. The van der Waals surface area contributed by atoms with Crippen molar-refractivity contribution >= 4 is 65.8 Å². The van der Waals surface area contributed by atoms with Crippen molar-refractivity contribution in [2.75, 3.05) is 21.3 Å². The predicted octanol–water partition coefficient (Wildman–Crippen LogP) is 2.99. The highest BCUT2D eigenvalue weighted by atomic mass is 16.4. The van der Waals surface area contributed by atoms with Crippen molar-refractivity contribution in [2.24, 2.45) is 0 Å². The molecule has 15 N–H and O–H groups in total. The van der Waals surface area contributed by atoms with E-state index in [2.05, 4.69) is 82.4 Å². The number of amides is 8. The minimum Gasteiger partial charge on any atom is -0.481 e. The largest absolute Gasteiger partial charge is 0.481 e. The Morgan fingerprint density at radius 3 is 0.716 bits per heavy atom. The molecule has 0 spiro atoms. The summed E-state index contributed by atoms with van der Waals surface area (Å²) >= 11 is 0. The van der Waals surface area contributed by atoms with Crippen LogP contribution in [-0.2, 0) is 14.4 Å². The van der Waals surface area contributed by atoms with Gasteiger partial charge in [0, 0.05) is 92.0 Å². The van der Waals surface area contributed by atoms with Gasteiger partial charge >= 0.3 is 24.1 Å². The van der Waals surface area contributed by atoms with Crippen LogP contribution in [0.3, 0.4) is 0 Å². The lowest BCUT2D eigenvalue weighted by Crippen LogP contribution is -2.38. The number of nitrogens with one attached hydrogen (secondary N) is 12. The minimum absolute atomic E-state index is 0.0861. The first kappa shape index (κ1) is 65.0. The highest BCUT2D eigenvalue weighted by Gasteiger charge is 2.14. The molecule has 74 heavy (non-hydrogen) atoms. The number of aromatic nitrogens is 8. The Morgan fingerprint density at radius 2 is 0.568 bits per heavy atom. The molecule has 0 unspecified atom stereocenters. The maximum Gasteiger partial charge on any atom is 0.321 e. The number of urea groups is 4. The Kier molecular flexibility index (Phi) is 30.2. The van der Waals surface area contributed by atoms with Crippen molar-refractivity contribution in [3.8, 4) is 0 Å². The molecule has 4 aromatic rings. The number of hydrogen-bond acceptors (Lipinski definition) is 15. The summed E-state index contributed by atoms with van der Waals surface area (Å²) < 4.78 is 0. The number of carbonyl (C=O) groups excluding carboxylic acids is 4. The van der Waals surface area contributed by atoms with Crippen LogP contribution in [0.5, 0.6) is 0 Å². The monoisotopic (exact) mass is 1040 g/mol. The molecular weight excluding hydrogens is 977 g/mol. The number of carboxylic acids is 3. The van der Waals surface area contributed by atoms with Gasteiger partial charge < -0.3 is 36.6 Å². The number of carbonyl (C=O) groups is 7. The number of anilines is 4. The van der Waals surface area contributed by atoms with Crippen LogP contribution in [0.25, 0.3) is 0 Å². The van der Waals surface area contributed by atoms with E-state index in [0.29, 0.717) is 48.5 Å². The van der Waals surface area contributed by atoms with Gasteiger partial charge in [-0.1, -0.05) is 0 Å². The lowest BCUT2D eigenvalue weighted by molar-refractivity contribution is -0.135. The number of nitrogens with zero attached hydrogens (tertiary/aromatic N) is 4. The number of aryl methyl sites for hydroxylation is 4. The molecule has 0 fully saturated rings. The molecule has 4 heterocycles. The van der Waals surface area contributed by atoms with E-state index < -0.39 is 42.0 Å². The Balaban J connectivity index is 0.00000118. The number of aliphatic carboxylic acids is 3. The molecule has 0 aliphatic carbocycles. The summed E-state index contributed by atoms with van der Waals surface area (Å²) in [6, 6.07) is 2.96. The Bertz CT molecular complexity index is 2350. The molecule has 0 saturated carbocycles. The number of aromatic amines is 4. The Morgan fingerprint density at radius 1 is 0.405 bits per heavy atom. The van der Waals surface area contributed by atoms with Gasteiger partial charge in [-0.15, -0.1) is 0 Å². The lowest BCUT2D eigenvalue weighted by atomic mass is 10.1. The van der Waals surface area contributed by atoms with E-state index in [1.807, 2.05) is 27.7 Å². The van der Waals surface area contributed by atoms with E-state index in [1.165, 1.54) is 24.3 Å². The fraction of sp³-hybridized carbons (Fsp3) is 0.477. The standard InChI is InChI=1S/2C19H28N8O4.3C2H4O2/c2*1-10(22-18(30)26-16-20-12(3)8-14(28)24-16)6-5-7-11(2)23-19(31)27-17-21-13(4)9-15(29)25-17;3*1-2(3)4/h2*8-11H,5-7H2,1-4H3,(H3,20,22,24,26,28,30)(H3,21,23,25,27,29,31);3*1H3,(H,3,4)/t2*10-,11-;;;/m10.../s1. The average molecular weight is 1050 g/mol. The molecule has 4 aromatic heterocycles. The second-order valence-corrected chi connectivity index (χ2v) is 16.4. The normalized spacial score (nSPS) is 11.5. The predicted molar refractivity (Wildman–Crippen MR) is 272 cm³/mol.